The Labute approximate surface area is 142 Å². The first-order valence-electron chi connectivity index (χ1n) is 7.01. The summed E-state index contributed by atoms with van der Waals surface area (Å²) in [5.41, 5.74) is 0.960. The third-order valence-electron chi connectivity index (χ3n) is 2.86. The van der Waals surface area contributed by atoms with Crippen molar-refractivity contribution in [2.24, 2.45) is 0 Å². The summed E-state index contributed by atoms with van der Waals surface area (Å²) in [4.78, 5) is 23.1. The van der Waals surface area contributed by atoms with Crippen LogP contribution in [0, 0.1) is 0 Å². The van der Waals surface area contributed by atoms with E-state index < -0.39 is 0 Å². The van der Waals surface area contributed by atoms with Gasteiger partial charge in [-0.3, -0.25) is 9.59 Å². The summed E-state index contributed by atoms with van der Waals surface area (Å²) in [6.07, 6.45) is 0. The van der Waals surface area contributed by atoms with Gasteiger partial charge in [0.25, 0.3) is 0 Å². The number of ether oxygens (including phenoxy) is 2. The summed E-state index contributed by atoms with van der Waals surface area (Å²) in [6.45, 7) is 1.66. The van der Waals surface area contributed by atoms with Crippen molar-refractivity contribution in [3.05, 3.63) is 29.8 Å². The van der Waals surface area contributed by atoms with Gasteiger partial charge in [-0.15, -0.1) is 12.4 Å². The van der Waals surface area contributed by atoms with Gasteiger partial charge in [0.2, 0.25) is 11.8 Å². The predicted octanol–water partition coefficient (Wildman–Crippen LogP) is 0.0854. The first-order chi connectivity index (χ1) is 10.7. The van der Waals surface area contributed by atoms with Crippen LogP contribution in [0.1, 0.15) is 5.56 Å². The second-order valence-electron chi connectivity index (χ2n) is 4.57. The largest absolute Gasteiger partial charge is 0.497 e. The molecule has 1 aromatic carbocycles. The van der Waals surface area contributed by atoms with E-state index in [2.05, 4.69) is 16.0 Å². The summed E-state index contributed by atoms with van der Waals surface area (Å²) >= 11 is 0. The van der Waals surface area contributed by atoms with Crippen molar-refractivity contribution >= 4 is 24.2 Å². The summed E-state index contributed by atoms with van der Waals surface area (Å²) in [6, 6.07) is 7.40. The number of carbonyl (C=O) groups is 2. The zero-order valence-corrected chi connectivity index (χ0v) is 14.2. The van der Waals surface area contributed by atoms with E-state index in [0.717, 1.165) is 11.3 Å². The molecule has 1 aromatic rings. The van der Waals surface area contributed by atoms with E-state index in [1.165, 1.54) is 0 Å². The summed E-state index contributed by atoms with van der Waals surface area (Å²) in [7, 11) is 3.19. The number of benzene rings is 1. The average Bonchev–Trinajstić information content (AvgIpc) is 2.55. The van der Waals surface area contributed by atoms with E-state index in [4.69, 9.17) is 9.47 Å². The third kappa shape index (κ3) is 9.72. The fourth-order valence-corrected chi connectivity index (χ4v) is 1.62. The van der Waals surface area contributed by atoms with Crippen LogP contribution < -0.4 is 20.7 Å². The van der Waals surface area contributed by atoms with Crippen molar-refractivity contribution in [3.8, 4) is 5.75 Å². The molecule has 2 amide bonds. The molecule has 0 saturated heterocycles. The zero-order valence-electron chi connectivity index (χ0n) is 13.4. The number of rotatable bonds is 10. The Morgan fingerprint density at radius 2 is 1.65 bits per heavy atom. The quantitative estimate of drug-likeness (QED) is 0.523. The molecule has 0 unspecified atom stereocenters. The SMILES string of the molecule is COCCNCC(=O)NCC(=O)NCc1ccc(OC)cc1.Cl. The van der Waals surface area contributed by atoms with Gasteiger partial charge in [0.05, 0.1) is 26.8 Å². The van der Waals surface area contributed by atoms with Crippen LogP contribution in [0.3, 0.4) is 0 Å². The molecule has 0 aliphatic carbocycles. The first-order valence-corrected chi connectivity index (χ1v) is 7.01. The molecule has 1 rings (SSSR count). The molecule has 0 spiro atoms. The van der Waals surface area contributed by atoms with Gasteiger partial charge in [0.1, 0.15) is 5.75 Å². The molecule has 23 heavy (non-hydrogen) atoms. The van der Waals surface area contributed by atoms with E-state index in [1.54, 1.807) is 14.2 Å². The van der Waals surface area contributed by atoms with E-state index >= 15 is 0 Å². The van der Waals surface area contributed by atoms with Crippen LogP contribution in [-0.2, 0) is 20.9 Å². The Hall–Kier alpha value is -1.83. The zero-order chi connectivity index (χ0) is 16.2. The van der Waals surface area contributed by atoms with Gasteiger partial charge in [-0.25, -0.2) is 0 Å². The maximum Gasteiger partial charge on any atom is 0.239 e. The van der Waals surface area contributed by atoms with E-state index in [-0.39, 0.29) is 37.3 Å². The molecule has 7 nitrogen and oxygen atoms in total. The highest BCUT2D eigenvalue weighted by molar-refractivity contribution is 5.85. The molecule has 0 bridgehead atoms. The fourth-order valence-electron chi connectivity index (χ4n) is 1.62. The predicted molar refractivity (Wildman–Crippen MR) is 89.8 cm³/mol. The monoisotopic (exact) mass is 345 g/mol. The highest BCUT2D eigenvalue weighted by Gasteiger charge is 2.05. The van der Waals surface area contributed by atoms with Crippen LogP contribution in [0.4, 0.5) is 0 Å². The van der Waals surface area contributed by atoms with E-state index in [0.29, 0.717) is 19.7 Å². The molecule has 0 atom stereocenters. The second-order valence-corrected chi connectivity index (χ2v) is 4.57. The van der Waals surface area contributed by atoms with Crippen LogP contribution in [0.15, 0.2) is 24.3 Å². The van der Waals surface area contributed by atoms with Gasteiger partial charge in [-0.1, -0.05) is 12.1 Å². The lowest BCUT2D eigenvalue weighted by molar-refractivity contribution is -0.125. The highest BCUT2D eigenvalue weighted by atomic mass is 35.5. The molecule has 3 N–H and O–H groups in total. The van der Waals surface area contributed by atoms with Crippen LogP contribution >= 0.6 is 12.4 Å². The Morgan fingerprint density at radius 3 is 2.26 bits per heavy atom. The van der Waals surface area contributed by atoms with Crippen molar-refractivity contribution in [2.75, 3.05) is 40.5 Å². The van der Waals surface area contributed by atoms with Crippen LogP contribution in [-0.4, -0.2) is 52.3 Å². The molecule has 0 radical (unpaired) electrons. The Morgan fingerprint density at radius 1 is 1.00 bits per heavy atom. The van der Waals surface area contributed by atoms with Gasteiger partial charge >= 0.3 is 0 Å². The third-order valence-corrected chi connectivity index (χ3v) is 2.86. The first kappa shape index (κ1) is 21.2. The number of nitrogens with one attached hydrogen (secondary N) is 3. The molecule has 0 aliphatic heterocycles. The lowest BCUT2D eigenvalue weighted by Crippen LogP contribution is -2.41. The average molecular weight is 346 g/mol. The van der Waals surface area contributed by atoms with Gasteiger partial charge in [0, 0.05) is 20.2 Å². The van der Waals surface area contributed by atoms with Crippen molar-refractivity contribution in [2.45, 2.75) is 6.54 Å². The Bertz CT molecular complexity index is 468. The molecule has 0 aliphatic rings. The van der Waals surface area contributed by atoms with E-state index in [1.807, 2.05) is 24.3 Å². The number of hydrogen-bond donors (Lipinski definition) is 3. The number of carbonyl (C=O) groups excluding carboxylic acids is 2. The van der Waals surface area contributed by atoms with Gasteiger partial charge < -0.3 is 25.4 Å². The normalized spacial score (nSPS) is 9.65. The van der Waals surface area contributed by atoms with Crippen LogP contribution in [0.2, 0.25) is 0 Å². The minimum atomic E-state index is -0.235. The molecular weight excluding hydrogens is 322 g/mol. The highest BCUT2D eigenvalue weighted by Crippen LogP contribution is 2.10. The van der Waals surface area contributed by atoms with E-state index in [9.17, 15) is 9.59 Å². The smallest absolute Gasteiger partial charge is 0.239 e. The number of amides is 2. The summed E-state index contributed by atoms with van der Waals surface area (Å²) < 4.78 is 9.90. The lowest BCUT2D eigenvalue weighted by Gasteiger charge is -2.08. The van der Waals surface area contributed by atoms with Gasteiger partial charge in [-0.2, -0.15) is 0 Å². The summed E-state index contributed by atoms with van der Waals surface area (Å²) in [5.74, 6) is 0.306. The van der Waals surface area contributed by atoms with Crippen LogP contribution in [0.5, 0.6) is 5.75 Å². The molecule has 0 heterocycles. The minimum absolute atomic E-state index is 0. The molecule has 130 valence electrons. The maximum atomic E-state index is 11.6. The van der Waals surface area contributed by atoms with Crippen molar-refractivity contribution in [1.29, 1.82) is 0 Å². The summed E-state index contributed by atoms with van der Waals surface area (Å²) in [5, 5.41) is 8.17. The standard InChI is InChI=1S/C15H23N3O4.ClH/c1-21-8-7-16-10-14(19)18-11-15(20)17-9-12-3-5-13(22-2)6-4-12;/h3-6,16H,7-11H2,1-2H3,(H,17,20)(H,18,19);1H. The topological polar surface area (TPSA) is 88.7 Å². The maximum absolute atomic E-state index is 11.6. The van der Waals surface area contributed by atoms with Gasteiger partial charge in [0.15, 0.2) is 0 Å². The molecule has 0 fully saturated rings. The van der Waals surface area contributed by atoms with Crippen LogP contribution in [0.25, 0.3) is 0 Å². The van der Waals surface area contributed by atoms with Crippen molar-refractivity contribution in [3.63, 3.8) is 0 Å². The fraction of sp³-hybridized carbons (Fsp3) is 0.467. The van der Waals surface area contributed by atoms with Crippen molar-refractivity contribution < 1.29 is 19.1 Å². The molecular formula is C15H24ClN3O4. The Balaban J connectivity index is 0.00000484. The van der Waals surface area contributed by atoms with Gasteiger partial charge in [-0.05, 0) is 17.7 Å². The Kier molecular flexibility index (Phi) is 11.7. The number of hydrogen-bond acceptors (Lipinski definition) is 5. The lowest BCUT2D eigenvalue weighted by atomic mass is 10.2. The molecule has 0 saturated carbocycles. The second kappa shape index (κ2) is 12.7. The van der Waals surface area contributed by atoms with Crippen molar-refractivity contribution in [1.82, 2.24) is 16.0 Å². The molecule has 8 heteroatoms. The number of halogens is 1. The number of methoxy groups -OCH3 is 2. The minimum Gasteiger partial charge on any atom is -0.497 e. The molecule has 0 aromatic heterocycles.